The molecular weight excluding hydrogens is 516 g/mol. The first kappa shape index (κ1) is 27.1. The van der Waals surface area contributed by atoms with E-state index >= 15 is 0 Å². The fraction of sp³-hybridized carbons (Fsp3) is 0.710. The number of benzene rings is 1. The summed E-state index contributed by atoms with van der Waals surface area (Å²) in [5.74, 6) is 1.66. The Balaban J connectivity index is 1.18. The van der Waals surface area contributed by atoms with Gasteiger partial charge in [0.1, 0.15) is 18.0 Å². The molecule has 7 rings (SSSR count). The molecule has 0 aromatic heterocycles. The smallest absolute Gasteiger partial charge is 0.313 e. The van der Waals surface area contributed by atoms with Crippen molar-refractivity contribution in [1.82, 2.24) is 0 Å². The van der Waals surface area contributed by atoms with E-state index in [1.54, 1.807) is 0 Å². The first-order valence-electron chi connectivity index (χ1n) is 14.6. The van der Waals surface area contributed by atoms with E-state index in [2.05, 4.69) is 27.7 Å². The van der Waals surface area contributed by atoms with Gasteiger partial charge in [-0.3, -0.25) is 14.4 Å². The highest BCUT2D eigenvalue weighted by atomic mass is 32.1. The first-order chi connectivity index (χ1) is 18.5. The zero-order valence-electron chi connectivity index (χ0n) is 23.3. The van der Waals surface area contributed by atoms with E-state index < -0.39 is 35.8 Å². The monoisotopic (exact) mass is 556 g/mol. The average molecular weight is 557 g/mol. The Bertz CT molecular complexity index is 1110. The predicted octanol–water partition coefficient (Wildman–Crippen LogP) is 5.73. The van der Waals surface area contributed by atoms with Crippen molar-refractivity contribution in [2.45, 2.75) is 120 Å². The molecule has 2 saturated heterocycles. The molecule has 0 radical (unpaired) electrons. The Hall–Kier alpha value is -2.06. The molecule has 0 N–H and O–H groups in total. The average Bonchev–Trinajstić information content (AvgIpc) is 3.34. The molecule has 4 aliphatic carbocycles. The molecule has 4 atom stereocenters. The SMILES string of the molecule is CC(C)c1cc(OC(=O)CC2OC3CC(=O)OC3C2OC(=O)C23CC4CC(CC(C4)C2)C3)cc(C(C)C)c1S. The number of fused-ring (bicyclic) bond motifs is 1. The Morgan fingerprint density at radius 1 is 1.00 bits per heavy atom. The minimum absolute atomic E-state index is 0.0972. The molecule has 4 bridgehead atoms. The lowest BCUT2D eigenvalue weighted by atomic mass is 9.49. The summed E-state index contributed by atoms with van der Waals surface area (Å²) in [5, 5.41) is 0. The summed E-state index contributed by atoms with van der Waals surface area (Å²) in [4.78, 5) is 39.9. The molecule has 1 aromatic carbocycles. The van der Waals surface area contributed by atoms with Crippen LogP contribution < -0.4 is 4.74 Å². The molecule has 39 heavy (non-hydrogen) atoms. The summed E-state index contributed by atoms with van der Waals surface area (Å²) in [6.07, 6.45) is 3.56. The lowest BCUT2D eigenvalue weighted by Crippen LogP contribution is -2.52. The number of esters is 3. The fourth-order valence-corrected chi connectivity index (χ4v) is 8.96. The van der Waals surface area contributed by atoms with E-state index in [1.807, 2.05) is 12.1 Å². The van der Waals surface area contributed by atoms with Gasteiger partial charge >= 0.3 is 17.9 Å². The van der Waals surface area contributed by atoms with Crippen LogP contribution in [0.1, 0.15) is 102 Å². The molecule has 6 fully saturated rings. The quantitative estimate of drug-likeness (QED) is 0.261. The van der Waals surface area contributed by atoms with Gasteiger partial charge in [-0.25, -0.2) is 0 Å². The van der Waals surface area contributed by atoms with Crippen LogP contribution in [0, 0.1) is 23.2 Å². The second-order valence-electron chi connectivity index (χ2n) is 13.4. The molecule has 2 heterocycles. The van der Waals surface area contributed by atoms with Crippen LogP contribution in [0.15, 0.2) is 17.0 Å². The van der Waals surface area contributed by atoms with E-state index in [0.717, 1.165) is 35.3 Å². The number of ether oxygens (including phenoxy) is 4. The third kappa shape index (κ3) is 5.01. The number of carbonyl (C=O) groups is 3. The van der Waals surface area contributed by atoms with Gasteiger partial charge in [0.15, 0.2) is 12.2 Å². The van der Waals surface area contributed by atoms with Crippen molar-refractivity contribution in [3.8, 4) is 5.75 Å². The molecule has 7 nitrogen and oxygen atoms in total. The van der Waals surface area contributed by atoms with Gasteiger partial charge in [0.25, 0.3) is 0 Å². The van der Waals surface area contributed by atoms with E-state index in [9.17, 15) is 14.4 Å². The van der Waals surface area contributed by atoms with Gasteiger partial charge in [-0.15, -0.1) is 12.6 Å². The number of thiol groups is 1. The third-order valence-corrected chi connectivity index (χ3v) is 10.3. The molecule has 212 valence electrons. The highest BCUT2D eigenvalue weighted by Crippen LogP contribution is 2.60. The van der Waals surface area contributed by atoms with Crippen LogP contribution in [0.25, 0.3) is 0 Å². The van der Waals surface area contributed by atoms with Crippen molar-refractivity contribution in [1.29, 1.82) is 0 Å². The van der Waals surface area contributed by atoms with Crippen molar-refractivity contribution in [2.75, 3.05) is 0 Å². The molecule has 2 aliphatic heterocycles. The van der Waals surface area contributed by atoms with Crippen LogP contribution in [-0.2, 0) is 28.6 Å². The molecule has 4 unspecified atom stereocenters. The Kier molecular flexibility index (Phi) is 7.02. The molecular formula is C31H40O7S. The van der Waals surface area contributed by atoms with Gasteiger partial charge in [-0.05, 0) is 91.4 Å². The molecule has 0 amide bonds. The highest BCUT2D eigenvalue weighted by Gasteiger charge is 2.59. The second kappa shape index (κ2) is 10.1. The van der Waals surface area contributed by atoms with Crippen LogP contribution in [0.4, 0.5) is 0 Å². The van der Waals surface area contributed by atoms with Gasteiger partial charge in [0.2, 0.25) is 0 Å². The zero-order chi connectivity index (χ0) is 27.6. The van der Waals surface area contributed by atoms with Gasteiger partial charge in [0, 0.05) is 4.90 Å². The van der Waals surface area contributed by atoms with Crippen LogP contribution >= 0.6 is 12.6 Å². The number of hydrogen-bond acceptors (Lipinski definition) is 8. The van der Waals surface area contributed by atoms with Gasteiger partial charge in [0.05, 0.1) is 18.3 Å². The maximum absolute atomic E-state index is 13.7. The Labute approximate surface area is 236 Å². The normalized spacial score (nSPS) is 36.4. The third-order valence-electron chi connectivity index (χ3n) is 9.74. The largest absolute Gasteiger partial charge is 0.455 e. The zero-order valence-corrected chi connectivity index (χ0v) is 24.2. The highest BCUT2D eigenvalue weighted by molar-refractivity contribution is 7.80. The summed E-state index contributed by atoms with van der Waals surface area (Å²) in [6.45, 7) is 8.33. The number of carbonyl (C=O) groups excluding carboxylic acids is 3. The topological polar surface area (TPSA) is 88.1 Å². The van der Waals surface area contributed by atoms with Gasteiger partial charge in [-0.2, -0.15) is 0 Å². The van der Waals surface area contributed by atoms with Crippen molar-refractivity contribution < 1.29 is 33.3 Å². The van der Waals surface area contributed by atoms with E-state index in [4.69, 9.17) is 31.6 Å². The van der Waals surface area contributed by atoms with Crippen molar-refractivity contribution >= 4 is 30.5 Å². The molecule has 8 heteroatoms. The van der Waals surface area contributed by atoms with Crippen LogP contribution in [-0.4, -0.2) is 42.3 Å². The summed E-state index contributed by atoms with van der Waals surface area (Å²) in [7, 11) is 0. The molecule has 6 aliphatic rings. The summed E-state index contributed by atoms with van der Waals surface area (Å²) in [6, 6.07) is 3.74. The lowest BCUT2D eigenvalue weighted by Gasteiger charge is -2.55. The van der Waals surface area contributed by atoms with Crippen LogP contribution in [0.3, 0.4) is 0 Å². The van der Waals surface area contributed by atoms with E-state index in [0.29, 0.717) is 23.5 Å². The minimum Gasteiger partial charge on any atom is -0.455 e. The van der Waals surface area contributed by atoms with E-state index in [1.165, 1.54) is 19.3 Å². The Morgan fingerprint density at radius 2 is 1.56 bits per heavy atom. The maximum Gasteiger partial charge on any atom is 0.313 e. The van der Waals surface area contributed by atoms with Crippen molar-refractivity contribution in [2.24, 2.45) is 23.2 Å². The first-order valence-corrected chi connectivity index (χ1v) is 15.1. The second-order valence-corrected chi connectivity index (χ2v) is 13.8. The van der Waals surface area contributed by atoms with Gasteiger partial charge < -0.3 is 18.9 Å². The van der Waals surface area contributed by atoms with Gasteiger partial charge in [-0.1, -0.05) is 27.7 Å². The molecule has 4 saturated carbocycles. The van der Waals surface area contributed by atoms with Crippen LogP contribution in [0.2, 0.25) is 0 Å². The number of rotatable bonds is 7. The summed E-state index contributed by atoms with van der Waals surface area (Å²) >= 11 is 4.74. The summed E-state index contributed by atoms with van der Waals surface area (Å²) < 4.78 is 23.6. The van der Waals surface area contributed by atoms with Crippen LogP contribution in [0.5, 0.6) is 5.75 Å². The molecule has 1 aromatic rings. The van der Waals surface area contributed by atoms with Crippen molar-refractivity contribution in [3.63, 3.8) is 0 Å². The predicted molar refractivity (Wildman–Crippen MR) is 146 cm³/mol. The fourth-order valence-electron chi connectivity index (χ4n) is 8.32. The maximum atomic E-state index is 13.7. The Morgan fingerprint density at radius 3 is 2.10 bits per heavy atom. The number of hydrogen-bond donors (Lipinski definition) is 1. The minimum atomic E-state index is -0.813. The standard InChI is InChI=1S/C31H40O7S/c1-15(2)21-8-20(9-22(16(3)4)29(21)39)35-25(32)10-24-28(27-23(36-24)11-26(33)37-27)38-30(34)31-12-17-5-18(13-31)7-19(6-17)14-31/h8-9,15-19,23-24,27-28,39H,5-7,10-14H2,1-4H3. The summed E-state index contributed by atoms with van der Waals surface area (Å²) in [5.41, 5.74) is 1.59. The van der Waals surface area contributed by atoms with Crippen molar-refractivity contribution in [3.05, 3.63) is 23.3 Å². The lowest BCUT2D eigenvalue weighted by molar-refractivity contribution is -0.186. The molecule has 0 spiro atoms. The van der Waals surface area contributed by atoms with E-state index in [-0.39, 0.29) is 36.6 Å².